The monoisotopic (exact) mass is 247 g/mol. The fourth-order valence-electron chi connectivity index (χ4n) is 2.07. The van der Waals surface area contributed by atoms with Crippen molar-refractivity contribution in [3.8, 4) is 5.75 Å². The second-order valence-corrected chi connectivity index (χ2v) is 4.33. The third-order valence-corrected chi connectivity index (χ3v) is 2.94. The quantitative estimate of drug-likeness (QED) is 0.762. The lowest BCUT2D eigenvalue weighted by Crippen LogP contribution is -2.17. The van der Waals surface area contributed by atoms with Gasteiger partial charge in [-0.1, -0.05) is 19.1 Å². The number of hydrogen-bond acceptors (Lipinski definition) is 3. The molecule has 0 radical (unpaired) electrons. The molecule has 0 unspecified atom stereocenters. The Bertz CT molecular complexity index is 490. The predicted octanol–water partition coefficient (Wildman–Crippen LogP) is 3.37. The van der Waals surface area contributed by atoms with Gasteiger partial charge in [-0.3, -0.25) is 0 Å². The first kappa shape index (κ1) is 13.0. The standard InChI is InChI=1S/C15H21NO2/c1-3-9-16-10-8-12-11-18-15-13(12)6-5-7-14(15)17-4-2/h5-7,11,16H,3-4,8-10H2,1-2H3. The van der Waals surface area contributed by atoms with Crippen molar-refractivity contribution in [1.29, 1.82) is 0 Å². The number of rotatable bonds is 7. The molecule has 0 bridgehead atoms. The summed E-state index contributed by atoms with van der Waals surface area (Å²) in [5.74, 6) is 0.836. The van der Waals surface area contributed by atoms with E-state index in [1.54, 1.807) is 0 Å². The Hall–Kier alpha value is -1.48. The van der Waals surface area contributed by atoms with Gasteiger partial charge in [-0.2, -0.15) is 0 Å². The molecular weight excluding hydrogens is 226 g/mol. The molecule has 0 aliphatic rings. The minimum atomic E-state index is 0.660. The van der Waals surface area contributed by atoms with Gasteiger partial charge in [0.05, 0.1) is 12.9 Å². The molecule has 2 rings (SSSR count). The summed E-state index contributed by atoms with van der Waals surface area (Å²) in [6.07, 6.45) is 4.00. The molecular formula is C15H21NO2. The van der Waals surface area contributed by atoms with E-state index >= 15 is 0 Å². The molecule has 1 aromatic heterocycles. The van der Waals surface area contributed by atoms with Crippen LogP contribution in [-0.4, -0.2) is 19.7 Å². The Labute approximate surface area is 108 Å². The fraction of sp³-hybridized carbons (Fsp3) is 0.467. The third kappa shape index (κ3) is 2.85. The van der Waals surface area contributed by atoms with Crippen LogP contribution in [0.2, 0.25) is 0 Å². The molecule has 0 aliphatic carbocycles. The average Bonchev–Trinajstić information content (AvgIpc) is 2.80. The number of para-hydroxylation sites is 1. The van der Waals surface area contributed by atoms with Crippen molar-refractivity contribution in [2.75, 3.05) is 19.7 Å². The maximum Gasteiger partial charge on any atom is 0.175 e. The van der Waals surface area contributed by atoms with E-state index in [1.165, 1.54) is 17.4 Å². The van der Waals surface area contributed by atoms with Crippen molar-refractivity contribution in [2.24, 2.45) is 0 Å². The number of nitrogens with one attached hydrogen (secondary N) is 1. The topological polar surface area (TPSA) is 34.4 Å². The molecule has 3 nitrogen and oxygen atoms in total. The van der Waals surface area contributed by atoms with Gasteiger partial charge in [0.15, 0.2) is 11.3 Å². The van der Waals surface area contributed by atoms with E-state index in [0.717, 1.165) is 30.8 Å². The van der Waals surface area contributed by atoms with Gasteiger partial charge in [-0.25, -0.2) is 0 Å². The van der Waals surface area contributed by atoms with Crippen LogP contribution in [0, 0.1) is 0 Å². The summed E-state index contributed by atoms with van der Waals surface area (Å²) in [5, 5.41) is 4.57. The van der Waals surface area contributed by atoms with Gasteiger partial charge >= 0.3 is 0 Å². The third-order valence-electron chi connectivity index (χ3n) is 2.94. The summed E-state index contributed by atoms with van der Waals surface area (Å²) < 4.78 is 11.2. The second kappa shape index (κ2) is 6.45. The molecule has 0 spiro atoms. The van der Waals surface area contributed by atoms with E-state index < -0.39 is 0 Å². The number of benzene rings is 1. The summed E-state index contributed by atoms with van der Waals surface area (Å²) in [4.78, 5) is 0. The molecule has 3 heteroatoms. The van der Waals surface area contributed by atoms with Crippen LogP contribution in [0.25, 0.3) is 11.0 Å². The van der Waals surface area contributed by atoms with E-state index in [9.17, 15) is 0 Å². The number of fused-ring (bicyclic) bond motifs is 1. The Morgan fingerprint density at radius 2 is 2.11 bits per heavy atom. The summed E-state index contributed by atoms with van der Waals surface area (Å²) in [5.41, 5.74) is 2.11. The molecule has 0 saturated heterocycles. The Morgan fingerprint density at radius 1 is 1.22 bits per heavy atom. The van der Waals surface area contributed by atoms with Crippen molar-refractivity contribution in [1.82, 2.24) is 5.32 Å². The molecule has 1 heterocycles. The highest BCUT2D eigenvalue weighted by Crippen LogP contribution is 2.29. The zero-order valence-electron chi connectivity index (χ0n) is 11.2. The highest BCUT2D eigenvalue weighted by atomic mass is 16.5. The Morgan fingerprint density at radius 3 is 2.89 bits per heavy atom. The van der Waals surface area contributed by atoms with Gasteiger partial charge < -0.3 is 14.5 Å². The van der Waals surface area contributed by atoms with Crippen LogP contribution in [0.5, 0.6) is 5.75 Å². The minimum absolute atomic E-state index is 0.660. The Balaban J connectivity index is 2.12. The second-order valence-electron chi connectivity index (χ2n) is 4.33. The largest absolute Gasteiger partial charge is 0.490 e. The van der Waals surface area contributed by atoms with E-state index in [0.29, 0.717) is 6.61 Å². The highest BCUT2D eigenvalue weighted by Gasteiger charge is 2.09. The van der Waals surface area contributed by atoms with Gasteiger partial charge in [0.2, 0.25) is 0 Å². The van der Waals surface area contributed by atoms with Crippen LogP contribution in [0.3, 0.4) is 0 Å². The average molecular weight is 247 g/mol. The van der Waals surface area contributed by atoms with Crippen LogP contribution in [0.15, 0.2) is 28.9 Å². The number of furan rings is 1. The lowest BCUT2D eigenvalue weighted by Gasteiger charge is -2.04. The van der Waals surface area contributed by atoms with Gasteiger partial charge in [-0.15, -0.1) is 0 Å². The van der Waals surface area contributed by atoms with Gasteiger partial charge in [0, 0.05) is 5.39 Å². The fourth-order valence-corrected chi connectivity index (χ4v) is 2.07. The van der Waals surface area contributed by atoms with E-state index in [1.807, 2.05) is 25.3 Å². The SMILES string of the molecule is CCCNCCc1coc2c(OCC)cccc12. The summed E-state index contributed by atoms with van der Waals surface area (Å²) in [6.45, 7) is 6.88. The lowest BCUT2D eigenvalue weighted by molar-refractivity contribution is 0.338. The maximum atomic E-state index is 5.64. The summed E-state index contributed by atoms with van der Waals surface area (Å²) in [6, 6.07) is 6.07. The van der Waals surface area contributed by atoms with Crippen molar-refractivity contribution in [3.63, 3.8) is 0 Å². The number of ether oxygens (including phenoxy) is 1. The molecule has 98 valence electrons. The van der Waals surface area contributed by atoms with Crippen molar-refractivity contribution < 1.29 is 9.15 Å². The van der Waals surface area contributed by atoms with Crippen LogP contribution < -0.4 is 10.1 Å². The van der Waals surface area contributed by atoms with Crippen molar-refractivity contribution in [2.45, 2.75) is 26.7 Å². The molecule has 0 fully saturated rings. The van der Waals surface area contributed by atoms with Crippen LogP contribution >= 0.6 is 0 Å². The molecule has 1 aromatic carbocycles. The maximum absolute atomic E-state index is 5.64. The summed E-state index contributed by atoms with van der Waals surface area (Å²) in [7, 11) is 0. The first-order chi connectivity index (χ1) is 8.86. The van der Waals surface area contributed by atoms with E-state index in [4.69, 9.17) is 9.15 Å². The minimum Gasteiger partial charge on any atom is -0.490 e. The molecule has 0 aliphatic heterocycles. The van der Waals surface area contributed by atoms with Crippen LogP contribution in [0.4, 0.5) is 0 Å². The van der Waals surface area contributed by atoms with Gasteiger partial charge in [-0.05, 0) is 44.5 Å². The molecule has 1 N–H and O–H groups in total. The number of hydrogen-bond donors (Lipinski definition) is 1. The van der Waals surface area contributed by atoms with Crippen molar-refractivity contribution in [3.05, 3.63) is 30.0 Å². The molecule has 18 heavy (non-hydrogen) atoms. The highest BCUT2D eigenvalue weighted by molar-refractivity contribution is 5.86. The van der Waals surface area contributed by atoms with Gasteiger partial charge in [0.1, 0.15) is 0 Å². The first-order valence-corrected chi connectivity index (χ1v) is 6.69. The zero-order chi connectivity index (χ0) is 12.8. The molecule has 0 amide bonds. The zero-order valence-corrected chi connectivity index (χ0v) is 11.2. The molecule has 2 aromatic rings. The predicted molar refractivity (Wildman–Crippen MR) is 74.2 cm³/mol. The normalized spacial score (nSPS) is 11.0. The molecule has 0 saturated carbocycles. The lowest BCUT2D eigenvalue weighted by atomic mass is 10.1. The van der Waals surface area contributed by atoms with Crippen molar-refractivity contribution >= 4 is 11.0 Å². The smallest absolute Gasteiger partial charge is 0.175 e. The van der Waals surface area contributed by atoms with Crippen LogP contribution in [-0.2, 0) is 6.42 Å². The van der Waals surface area contributed by atoms with E-state index in [-0.39, 0.29) is 0 Å². The Kier molecular flexibility index (Phi) is 4.65. The summed E-state index contributed by atoms with van der Waals surface area (Å²) >= 11 is 0. The van der Waals surface area contributed by atoms with Gasteiger partial charge in [0.25, 0.3) is 0 Å². The van der Waals surface area contributed by atoms with E-state index in [2.05, 4.69) is 18.3 Å². The first-order valence-electron chi connectivity index (χ1n) is 6.69. The molecule has 0 atom stereocenters. The van der Waals surface area contributed by atoms with Crippen LogP contribution in [0.1, 0.15) is 25.8 Å².